The molecule has 10 nitrogen and oxygen atoms in total. The van der Waals surface area contributed by atoms with Gasteiger partial charge in [-0.05, 0) is 67.8 Å². The van der Waals surface area contributed by atoms with Crippen molar-refractivity contribution in [1.29, 1.82) is 0 Å². The van der Waals surface area contributed by atoms with E-state index < -0.39 is 23.7 Å². The first-order valence-electron chi connectivity index (χ1n) is 15.5. The van der Waals surface area contributed by atoms with Gasteiger partial charge in [-0.3, -0.25) is 14.5 Å². The molecule has 2 aliphatic rings. The van der Waals surface area contributed by atoms with E-state index in [2.05, 4.69) is 11.6 Å². The highest BCUT2D eigenvalue weighted by molar-refractivity contribution is 7.17. The average Bonchev–Trinajstić information content (AvgIpc) is 3.74. The number of carbonyl (C=O) groups is 3. The molecule has 6 rings (SSSR count). The first-order valence-corrected chi connectivity index (χ1v) is 16.3. The molecule has 48 heavy (non-hydrogen) atoms. The number of hydrogen-bond acceptors (Lipinski definition) is 10. The summed E-state index contributed by atoms with van der Waals surface area (Å²) >= 11 is 0.925. The summed E-state index contributed by atoms with van der Waals surface area (Å²) in [5.41, 5.74) is 2.88. The number of aliphatic hydroxyl groups excluding tert-OH is 1. The number of rotatable bonds is 11. The van der Waals surface area contributed by atoms with Crippen molar-refractivity contribution in [2.75, 3.05) is 18.1 Å². The highest BCUT2D eigenvalue weighted by Gasteiger charge is 2.49. The molecule has 0 spiro atoms. The number of aliphatic hydroxyl groups is 1. The molecule has 1 fully saturated rings. The number of anilines is 1. The van der Waals surface area contributed by atoms with E-state index in [-0.39, 0.29) is 34.1 Å². The fourth-order valence-corrected chi connectivity index (χ4v) is 6.75. The van der Waals surface area contributed by atoms with E-state index in [9.17, 15) is 19.5 Å². The van der Waals surface area contributed by atoms with Crippen LogP contribution in [0.1, 0.15) is 57.5 Å². The number of aromatic nitrogens is 1. The van der Waals surface area contributed by atoms with Gasteiger partial charge < -0.3 is 24.1 Å². The Morgan fingerprint density at radius 2 is 1.90 bits per heavy atom. The van der Waals surface area contributed by atoms with Crippen LogP contribution in [0.25, 0.3) is 5.76 Å². The van der Waals surface area contributed by atoms with Crippen LogP contribution in [0.15, 0.2) is 85.0 Å². The van der Waals surface area contributed by atoms with Crippen LogP contribution in [0.3, 0.4) is 0 Å². The summed E-state index contributed by atoms with van der Waals surface area (Å²) in [6.07, 6.45) is 2.06. The molecule has 0 saturated carbocycles. The molecule has 2 atom stereocenters. The largest absolute Gasteiger partial charge is 0.507 e. The number of fused-ring (bicyclic) bond motifs is 1. The van der Waals surface area contributed by atoms with Gasteiger partial charge in [0.25, 0.3) is 5.78 Å². The van der Waals surface area contributed by atoms with Crippen LogP contribution in [0.2, 0.25) is 0 Å². The van der Waals surface area contributed by atoms with Crippen LogP contribution >= 0.6 is 11.3 Å². The van der Waals surface area contributed by atoms with E-state index in [0.717, 1.165) is 22.5 Å². The molecule has 0 radical (unpaired) electrons. The topological polar surface area (TPSA) is 124 Å². The molecule has 0 aliphatic carbocycles. The van der Waals surface area contributed by atoms with Crippen molar-refractivity contribution in [3.05, 3.63) is 118 Å². The van der Waals surface area contributed by atoms with Crippen LogP contribution in [0, 0.1) is 6.92 Å². The van der Waals surface area contributed by atoms with Gasteiger partial charge in [0, 0.05) is 12.0 Å². The third-order valence-electron chi connectivity index (χ3n) is 7.94. The summed E-state index contributed by atoms with van der Waals surface area (Å²) in [5, 5.41) is 11.9. The number of ether oxygens (including phenoxy) is 4. The van der Waals surface area contributed by atoms with E-state index >= 15 is 0 Å². The summed E-state index contributed by atoms with van der Waals surface area (Å²) in [4.78, 5) is 46.4. The zero-order valence-electron chi connectivity index (χ0n) is 26.7. The number of hydrogen-bond donors (Lipinski definition) is 1. The standard InChI is InChI=1S/C37H34N2O8S/c1-5-16-45-36(43)34-22(4)38-37(48-34)39-31(24-12-15-28(29(19-24)44-6-2)46-20-23-10-8-7-9-11-23)30(33(41)35(39)42)32(40)25-13-14-27-26(18-25)17-21(3)47-27/h5,7-15,18-19,21,31,40H,1,6,16-17,20H2,2-4H3/t21-,31+/m0/s1. The minimum Gasteiger partial charge on any atom is -0.507 e. The van der Waals surface area contributed by atoms with Crippen LogP contribution in [0.5, 0.6) is 17.2 Å². The molecule has 1 saturated heterocycles. The highest BCUT2D eigenvalue weighted by atomic mass is 32.1. The SMILES string of the molecule is C=CCOC(=O)c1sc(N2C(=O)C(=O)C(=C(O)c3ccc4c(c3)C[C@H](C)O4)[C@H]2c2ccc(OCc3ccccc3)c(OCC)c2)nc1C. The maximum Gasteiger partial charge on any atom is 0.350 e. The second-order valence-corrected chi connectivity index (χ2v) is 12.3. The quantitative estimate of drug-likeness (QED) is 0.0611. The van der Waals surface area contributed by atoms with Crippen LogP contribution in [-0.2, 0) is 27.4 Å². The van der Waals surface area contributed by atoms with Crippen LogP contribution in [-0.4, -0.2) is 47.1 Å². The average molecular weight is 667 g/mol. The van der Waals surface area contributed by atoms with Crippen molar-refractivity contribution < 1.29 is 38.4 Å². The molecular weight excluding hydrogens is 632 g/mol. The first-order chi connectivity index (χ1) is 23.2. The van der Waals surface area contributed by atoms with E-state index in [1.807, 2.05) is 44.2 Å². The predicted octanol–water partition coefficient (Wildman–Crippen LogP) is 6.72. The summed E-state index contributed by atoms with van der Waals surface area (Å²) in [6, 6.07) is 18.9. The fourth-order valence-electron chi connectivity index (χ4n) is 5.76. The highest BCUT2D eigenvalue weighted by Crippen LogP contribution is 2.46. The van der Waals surface area contributed by atoms with E-state index in [1.165, 1.54) is 11.0 Å². The van der Waals surface area contributed by atoms with Gasteiger partial charge in [-0.15, -0.1) is 0 Å². The molecule has 1 N–H and O–H groups in total. The van der Waals surface area contributed by atoms with Crippen LogP contribution in [0.4, 0.5) is 5.13 Å². The second kappa shape index (κ2) is 13.7. The van der Waals surface area contributed by atoms with Gasteiger partial charge in [0.15, 0.2) is 16.6 Å². The van der Waals surface area contributed by atoms with Gasteiger partial charge in [0.1, 0.15) is 35.7 Å². The molecule has 1 amide bonds. The lowest BCUT2D eigenvalue weighted by atomic mass is 9.94. The Hall–Kier alpha value is -5.42. The van der Waals surface area contributed by atoms with E-state index in [0.29, 0.717) is 53.7 Å². The van der Waals surface area contributed by atoms with Crippen molar-refractivity contribution in [1.82, 2.24) is 4.98 Å². The zero-order valence-corrected chi connectivity index (χ0v) is 27.5. The molecule has 0 bridgehead atoms. The second-order valence-electron chi connectivity index (χ2n) is 11.3. The molecule has 2 aliphatic heterocycles. The lowest BCUT2D eigenvalue weighted by Gasteiger charge is -2.24. The minimum atomic E-state index is -1.11. The predicted molar refractivity (Wildman–Crippen MR) is 181 cm³/mol. The van der Waals surface area contributed by atoms with E-state index in [4.69, 9.17) is 18.9 Å². The Morgan fingerprint density at radius 1 is 1.10 bits per heavy atom. The third-order valence-corrected chi connectivity index (χ3v) is 9.08. The van der Waals surface area contributed by atoms with Crippen molar-refractivity contribution in [3.8, 4) is 17.2 Å². The number of nitrogens with zero attached hydrogens (tertiary/aromatic N) is 2. The van der Waals surface area contributed by atoms with Gasteiger partial charge in [-0.2, -0.15) is 0 Å². The lowest BCUT2D eigenvalue weighted by molar-refractivity contribution is -0.132. The van der Waals surface area contributed by atoms with Gasteiger partial charge in [-0.25, -0.2) is 9.78 Å². The number of thiazole rings is 1. The van der Waals surface area contributed by atoms with E-state index in [1.54, 1.807) is 43.3 Å². The molecule has 246 valence electrons. The molecular formula is C37H34N2O8S. The maximum absolute atomic E-state index is 13.9. The maximum atomic E-state index is 13.9. The Balaban J connectivity index is 1.47. The number of ketones is 1. The summed E-state index contributed by atoms with van der Waals surface area (Å²) in [7, 11) is 0. The van der Waals surface area contributed by atoms with Gasteiger partial charge in [-0.1, -0.05) is 60.4 Å². The Bertz CT molecular complexity index is 1930. The molecule has 11 heteroatoms. The summed E-state index contributed by atoms with van der Waals surface area (Å²) in [5.74, 6) is -1.20. The molecule has 4 aromatic rings. The van der Waals surface area contributed by atoms with Crippen molar-refractivity contribution >= 4 is 39.9 Å². The van der Waals surface area contributed by atoms with Gasteiger partial charge in [0.05, 0.1) is 23.9 Å². The third kappa shape index (κ3) is 6.28. The van der Waals surface area contributed by atoms with Crippen molar-refractivity contribution in [3.63, 3.8) is 0 Å². The fraction of sp³-hybridized carbons (Fsp3) is 0.243. The molecule has 0 unspecified atom stereocenters. The molecule has 3 heterocycles. The lowest BCUT2D eigenvalue weighted by Crippen LogP contribution is -2.29. The number of esters is 1. The smallest absolute Gasteiger partial charge is 0.350 e. The number of benzene rings is 3. The van der Waals surface area contributed by atoms with Crippen LogP contribution < -0.4 is 19.1 Å². The first kappa shape index (κ1) is 32.5. The van der Waals surface area contributed by atoms with Crippen molar-refractivity contribution in [2.45, 2.75) is 45.9 Å². The molecule has 1 aromatic heterocycles. The summed E-state index contributed by atoms with van der Waals surface area (Å²) in [6.45, 7) is 9.59. The molecule has 3 aromatic carbocycles. The monoisotopic (exact) mass is 666 g/mol. The summed E-state index contributed by atoms with van der Waals surface area (Å²) < 4.78 is 23.1. The zero-order chi connectivity index (χ0) is 33.9. The normalized spacial score (nSPS) is 17.9. The Labute approximate surface area is 281 Å². The Morgan fingerprint density at radius 3 is 2.65 bits per heavy atom. The van der Waals surface area contributed by atoms with Gasteiger partial charge in [0.2, 0.25) is 0 Å². The number of Topliss-reactive ketones (excluding diaryl/α,β-unsaturated/α-hetero) is 1. The number of carbonyl (C=O) groups excluding carboxylic acids is 3. The van der Waals surface area contributed by atoms with Crippen molar-refractivity contribution in [2.24, 2.45) is 0 Å². The number of amides is 1. The minimum absolute atomic E-state index is 0.000482. The van der Waals surface area contributed by atoms with Gasteiger partial charge >= 0.3 is 11.9 Å². The number of aryl methyl sites for hydroxylation is 1. The Kier molecular flexibility index (Phi) is 9.31.